The Kier molecular flexibility index (Phi) is 10.5. The van der Waals surface area contributed by atoms with Crippen LogP contribution in [-0.2, 0) is 21.7 Å². The van der Waals surface area contributed by atoms with Gasteiger partial charge in [-0.25, -0.2) is 0 Å². The summed E-state index contributed by atoms with van der Waals surface area (Å²) in [5, 5.41) is 11.6. The number of nitrogens with zero attached hydrogens (tertiary/aromatic N) is 2. The summed E-state index contributed by atoms with van der Waals surface area (Å²) < 4.78 is 13.8. The van der Waals surface area contributed by atoms with Crippen LogP contribution in [0.4, 0.5) is 34.1 Å². The summed E-state index contributed by atoms with van der Waals surface area (Å²) in [7, 11) is 0. The lowest BCUT2D eigenvalue weighted by atomic mass is 9.81. The van der Waals surface area contributed by atoms with Gasteiger partial charge in [-0.2, -0.15) is 0 Å². The summed E-state index contributed by atoms with van der Waals surface area (Å²) in [4.78, 5) is 4.79. The molecule has 84 heavy (non-hydrogen) atoms. The molecule has 2 aromatic heterocycles. The van der Waals surface area contributed by atoms with E-state index in [1.54, 1.807) is 0 Å². The second kappa shape index (κ2) is 17.6. The van der Waals surface area contributed by atoms with E-state index >= 15 is 0 Å². The van der Waals surface area contributed by atoms with Gasteiger partial charge in [0.1, 0.15) is 22.3 Å². The monoisotopic (exact) mass is 1090 g/mol. The summed E-state index contributed by atoms with van der Waals surface area (Å²) in [6.45, 7) is 23.1. The summed E-state index contributed by atoms with van der Waals surface area (Å²) >= 11 is 0. The second-order valence-electron chi connectivity index (χ2n) is 27.1. The van der Waals surface area contributed by atoms with Crippen molar-refractivity contribution in [2.45, 2.75) is 90.9 Å². The maximum absolute atomic E-state index is 6.91. The van der Waals surface area contributed by atoms with Crippen LogP contribution in [0.5, 0.6) is 0 Å². The van der Waals surface area contributed by atoms with E-state index in [4.69, 9.17) is 8.83 Å². The average molecular weight is 1090 g/mol. The van der Waals surface area contributed by atoms with E-state index in [0.29, 0.717) is 0 Å². The highest BCUT2D eigenvalue weighted by Crippen LogP contribution is 2.54. The van der Waals surface area contributed by atoms with Gasteiger partial charge in [-0.3, -0.25) is 0 Å². The van der Waals surface area contributed by atoms with Crippen LogP contribution in [-0.4, -0.2) is 0 Å². The minimum atomic E-state index is -0.181. The van der Waals surface area contributed by atoms with Gasteiger partial charge in [0.25, 0.3) is 0 Å². The Labute approximate surface area is 491 Å². The third-order valence-electron chi connectivity index (χ3n) is 19.1. The topological polar surface area (TPSA) is 32.8 Å². The van der Waals surface area contributed by atoms with Gasteiger partial charge in [-0.15, -0.1) is 0 Å². The van der Waals surface area contributed by atoms with E-state index in [1.807, 2.05) is 0 Å². The molecule has 4 nitrogen and oxygen atoms in total. The highest BCUT2D eigenvalue weighted by Gasteiger charge is 2.38. The van der Waals surface area contributed by atoms with Gasteiger partial charge in [-0.05, 0) is 220 Å². The van der Waals surface area contributed by atoms with Crippen LogP contribution in [0.25, 0.3) is 98.4 Å². The molecule has 0 fully saturated rings. The van der Waals surface area contributed by atoms with Crippen molar-refractivity contribution in [2.24, 2.45) is 0 Å². The van der Waals surface area contributed by atoms with Crippen molar-refractivity contribution < 1.29 is 8.83 Å². The molecule has 14 aromatic rings. The zero-order valence-electron chi connectivity index (χ0n) is 49.5. The molecule has 0 radical (unpaired) electrons. The molecule has 2 aliphatic carbocycles. The molecule has 0 unspecified atom stereocenters. The molecular formula is C80H66N2O2. The minimum absolute atomic E-state index is 0.0285. The first-order valence-electron chi connectivity index (χ1n) is 29.8. The smallest absolute Gasteiger partial charge is 0.137 e. The summed E-state index contributed by atoms with van der Waals surface area (Å²) in [5.74, 6) is 0. The van der Waals surface area contributed by atoms with Crippen molar-refractivity contribution >= 4 is 110 Å². The first-order valence-corrected chi connectivity index (χ1v) is 29.8. The van der Waals surface area contributed by atoms with Gasteiger partial charge in [-0.1, -0.05) is 154 Å². The number of rotatable bonds is 6. The van der Waals surface area contributed by atoms with Crippen molar-refractivity contribution in [3.05, 3.63) is 252 Å². The first-order chi connectivity index (χ1) is 40.3. The van der Waals surface area contributed by atoms with Crippen molar-refractivity contribution in [3.63, 3.8) is 0 Å². The fraction of sp³-hybridized carbons (Fsp3) is 0.175. The molecule has 0 spiro atoms. The van der Waals surface area contributed by atoms with E-state index in [-0.39, 0.29) is 21.7 Å². The van der Waals surface area contributed by atoms with Crippen LogP contribution in [0, 0.1) is 0 Å². The van der Waals surface area contributed by atoms with Crippen LogP contribution < -0.4 is 9.80 Å². The lowest BCUT2D eigenvalue weighted by Crippen LogP contribution is -2.17. The van der Waals surface area contributed by atoms with E-state index in [1.165, 1.54) is 77.2 Å². The molecule has 0 aliphatic heterocycles. The van der Waals surface area contributed by atoms with Gasteiger partial charge < -0.3 is 18.6 Å². The fourth-order valence-electron chi connectivity index (χ4n) is 14.3. The Bertz CT molecular complexity index is 4780. The Balaban J connectivity index is 0.778. The standard InChI is InChI=1S/C80H66N2O2/c1-77(2,3)53-19-23-55(24-20-53)81(57-27-31-61-65-35-47-15-11-13-17-49(47)39-69(65)79(7,8)71(61)43-57)59-29-33-63-67-37-51-38-68-64-34-30-60(46-76(64)84-74(68)42-52(51)41-73(67)83-75(63)45-59)82(56-25-21-54(22-26-56)78(4,5)6)58-28-32-62-66-36-48-16-12-14-18-50(48)40-70(66)80(9,10)72(62)44-58/h11-46H,1-10H3. The van der Waals surface area contributed by atoms with Crippen molar-refractivity contribution in [1.29, 1.82) is 0 Å². The zero-order chi connectivity index (χ0) is 57.3. The van der Waals surface area contributed by atoms with Gasteiger partial charge in [0, 0.05) is 78.6 Å². The van der Waals surface area contributed by atoms with Gasteiger partial charge in [0.05, 0.1) is 0 Å². The molecular weight excluding hydrogens is 1020 g/mol. The van der Waals surface area contributed by atoms with Gasteiger partial charge >= 0.3 is 0 Å². The lowest BCUT2D eigenvalue weighted by Gasteiger charge is -2.29. The van der Waals surface area contributed by atoms with Crippen molar-refractivity contribution in [3.8, 4) is 22.3 Å². The van der Waals surface area contributed by atoms with Gasteiger partial charge in [0.15, 0.2) is 0 Å². The maximum atomic E-state index is 6.91. The highest BCUT2D eigenvalue weighted by atomic mass is 16.3. The predicted octanol–water partition coefficient (Wildman–Crippen LogP) is 23.1. The van der Waals surface area contributed by atoms with Crippen LogP contribution in [0.1, 0.15) is 103 Å². The Morgan fingerprint density at radius 3 is 0.988 bits per heavy atom. The largest absolute Gasteiger partial charge is 0.456 e. The Hall–Kier alpha value is -9.38. The van der Waals surface area contributed by atoms with E-state index < -0.39 is 0 Å². The fourth-order valence-corrected chi connectivity index (χ4v) is 14.3. The molecule has 2 heterocycles. The van der Waals surface area contributed by atoms with Crippen LogP contribution in [0.3, 0.4) is 0 Å². The first kappa shape index (κ1) is 50.4. The average Bonchev–Trinajstić information content (AvgIpc) is 2.40. The second-order valence-corrected chi connectivity index (χ2v) is 27.1. The molecule has 0 amide bonds. The Morgan fingerprint density at radius 1 is 0.274 bits per heavy atom. The predicted molar refractivity (Wildman–Crippen MR) is 355 cm³/mol. The molecule has 12 aromatic carbocycles. The lowest BCUT2D eigenvalue weighted by molar-refractivity contribution is 0.590. The normalized spacial score (nSPS) is 14.3. The minimum Gasteiger partial charge on any atom is -0.456 e. The zero-order valence-corrected chi connectivity index (χ0v) is 49.5. The maximum Gasteiger partial charge on any atom is 0.137 e. The molecule has 0 saturated carbocycles. The number of benzene rings is 12. The number of hydrogen-bond donors (Lipinski definition) is 0. The molecule has 0 bridgehead atoms. The van der Waals surface area contributed by atoms with Gasteiger partial charge in [0.2, 0.25) is 0 Å². The molecule has 0 N–H and O–H groups in total. The van der Waals surface area contributed by atoms with E-state index in [0.717, 1.165) is 88.8 Å². The van der Waals surface area contributed by atoms with E-state index in [9.17, 15) is 0 Å². The number of anilines is 6. The summed E-state index contributed by atoms with van der Waals surface area (Å²) in [6.07, 6.45) is 0. The molecule has 408 valence electrons. The molecule has 0 saturated heterocycles. The van der Waals surface area contributed by atoms with Crippen LogP contribution in [0.2, 0.25) is 0 Å². The van der Waals surface area contributed by atoms with Crippen LogP contribution in [0.15, 0.2) is 227 Å². The SMILES string of the molecule is CC(C)(C)c1ccc(N(c2ccc3c(c2)C(C)(C)c2cc4ccccc4cc2-3)c2ccc3c(c2)oc2cc4cc5oc6cc(N(c7ccc(C(C)(C)C)cc7)c7ccc8c(c7)C(C)(C)c7cc9ccccc9cc7-8)ccc6c5cc4cc23)cc1. The summed E-state index contributed by atoms with van der Waals surface area (Å²) in [6, 6.07) is 81.8. The quantitative estimate of drug-likeness (QED) is 0.166. The number of hydrogen-bond acceptors (Lipinski definition) is 4. The third kappa shape index (κ3) is 7.65. The van der Waals surface area contributed by atoms with Crippen molar-refractivity contribution in [1.82, 2.24) is 0 Å². The highest BCUT2D eigenvalue weighted by molar-refractivity contribution is 6.16. The number of fused-ring (bicyclic) bond motifs is 15. The third-order valence-corrected chi connectivity index (χ3v) is 19.1. The van der Waals surface area contributed by atoms with E-state index in [2.05, 4.69) is 297 Å². The van der Waals surface area contributed by atoms with Crippen molar-refractivity contribution in [2.75, 3.05) is 9.80 Å². The van der Waals surface area contributed by atoms with Crippen LogP contribution >= 0.6 is 0 Å². The molecule has 0 atom stereocenters. The Morgan fingerprint density at radius 2 is 0.595 bits per heavy atom. The number of furan rings is 2. The molecule has 16 rings (SSSR count). The molecule has 4 heteroatoms. The summed E-state index contributed by atoms with van der Waals surface area (Å²) in [5.41, 5.74) is 22.8. The molecule has 2 aliphatic rings.